The summed E-state index contributed by atoms with van der Waals surface area (Å²) in [6.07, 6.45) is 10.8. The van der Waals surface area contributed by atoms with Crippen molar-refractivity contribution >= 4 is 0 Å². The molecule has 3 fully saturated rings. The molecule has 0 aromatic heterocycles. The third-order valence-electron chi connectivity index (χ3n) is 6.98. The van der Waals surface area contributed by atoms with Crippen LogP contribution in [0.1, 0.15) is 72.1 Å². The molecular formula is C19H35NO. The fourth-order valence-electron chi connectivity index (χ4n) is 5.28. The summed E-state index contributed by atoms with van der Waals surface area (Å²) in [7, 11) is 0. The lowest BCUT2D eigenvalue weighted by molar-refractivity contribution is -0.0961. The third kappa shape index (κ3) is 3.32. The predicted molar refractivity (Wildman–Crippen MR) is 88.1 cm³/mol. The summed E-state index contributed by atoms with van der Waals surface area (Å²) in [6, 6.07) is 0. The van der Waals surface area contributed by atoms with E-state index >= 15 is 0 Å². The first-order valence-corrected chi connectivity index (χ1v) is 9.26. The van der Waals surface area contributed by atoms with Crippen molar-refractivity contribution in [3.63, 3.8) is 0 Å². The van der Waals surface area contributed by atoms with E-state index in [1.54, 1.807) is 0 Å². The third-order valence-corrected chi connectivity index (χ3v) is 6.98. The Morgan fingerprint density at radius 1 is 1.05 bits per heavy atom. The molecule has 3 atom stereocenters. The second kappa shape index (κ2) is 5.85. The lowest BCUT2D eigenvalue weighted by atomic mass is 9.68. The molecule has 0 heterocycles. The van der Waals surface area contributed by atoms with Crippen molar-refractivity contribution in [3.8, 4) is 0 Å². The van der Waals surface area contributed by atoms with Crippen molar-refractivity contribution in [3.05, 3.63) is 0 Å². The molecule has 0 aliphatic heterocycles. The largest absolute Gasteiger partial charge is 0.373 e. The fraction of sp³-hybridized carbons (Fsp3) is 1.00. The summed E-state index contributed by atoms with van der Waals surface area (Å²) in [6.45, 7) is 8.83. The number of hydrogen-bond donors (Lipinski definition) is 1. The van der Waals surface area contributed by atoms with Gasteiger partial charge < -0.3 is 10.5 Å². The molecule has 2 N–H and O–H groups in total. The van der Waals surface area contributed by atoms with Gasteiger partial charge in [0.1, 0.15) is 0 Å². The van der Waals surface area contributed by atoms with E-state index in [1.165, 1.54) is 51.4 Å². The van der Waals surface area contributed by atoms with Gasteiger partial charge in [0, 0.05) is 6.54 Å². The summed E-state index contributed by atoms with van der Waals surface area (Å²) in [5.41, 5.74) is 6.57. The van der Waals surface area contributed by atoms with Gasteiger partial charge in [-0.25, -0.2) is 0 Å². The highest BCUT2D eigenvalue weighted by molar-refractivity contribution is 4.94. The second-order valence-corrected chi connectivity index (χ2v) is 9.27. The van der Waals surface area contributed by atoms with Crippen LogP contribution in [0.4, 0.5) is 0 Å². The molecule has 122 valence electrons. The first-order valence-electron chi connectivity index (χ1n) is 9.26. The van der Waals surface area contributed by atoms with Crippen LogP contribution in [0, 0.1) is 29.1 Å². The minimum absolute atomic E-state index is 0.00356. The van der Waals surface area contributed by atoms with Crippen LogP contribution in [0.25, 0.3) is 0 Å². The van der Waals surface area contributed by atoms with E-state index in [-0.39, 0.29) is 5.60 Å². The van der Waals surface area contributed by atoms with Gasteiger partial charge in [-0.05, 0) is 74.0 Å². The van der Waals surface area contributed by atoms with Gasteiger partial charge in [-0.1, -0.05) is 27.2 Å². The van der Waals surface area contributed by atoms with Crippen LogP contribution in [0.2, 0.25) is 0 Å². The van der Waals surface area contributed by atoms with Crippen LogP contribution < -0.4 is 5.73 Å². The molecule has 3 saturated carbocycles. The quantitative estimate of drug-likeness (QED) is 0.835. The van der Waals surface area contributed by atoms with Crippen LogP contribution in [-0.2, 0) is 4.74 Å². The van der Waals surface area contributed by atoms with Crippen LogP contribution in [-0.4, -0.2) is 18.8 Å². The van der Waals surface area contributed by atoms with Gasteiger partial charge in [-0.3, -0.25) is 0 Å². The molecule has 3 aliphatic carbocycles. The minimum Gasteiger partial charge on any atom is -0.373 e. The number of ether oxygens (including phenoxy) is 1. The highest BCUT2D eigenvalue weighted by atomic mass is 16.5. The fourth-order valence-corrected chi connectivity index (χ4v) is 5.28. The SMILES string of the molecule is CC(C)(C)C1CCC(CN)(OCC2CC3CCC2C3)CC1. The molecule has 0 aromatic carbocycles. The average Bonchev–Trinajstić information content (AvgIpc) is 3.07. The first-order chi connectivity index (χ1) is 9.92. The van der Waals surface area contributed by atoms with Crippen LogP contribution >= 0.6 is 0 Å². The van der Waals surface area contributed by atoms with E-state index in [2.05, 4.69) is 20.8 Å². The monoisotopic (exact) mass is 293 g/mol. The van der Waals surface area contributed by atoms with E-state index in [0.29, 0.717) is 12.0 Å². The molecule has 2 heteroatoms. The van der Waals surface area contributed by atoms with Crippen molar-refractivity contribution in [2.45, 2.75) is 77.7 Å². The van der Waals surface area contributed by atoms with E-state index in [4.69, 9.17) is 10.5 Å². The minimum atomic E-state index is 0.00356. The number of hydrogen-bond acceptors (Lipinski definition) is 2. The van der Waals surface area contributed by atoms with Gasteiger partial charge >= 0.3 is 0 Å². The Balaban J connectivity index is 1.51. The summed E-state index contributed by atoms with van der Waals surface area (Å²) in [5, 5.41) is 0. The van der Waals surface area contributed by atoms with Gasteiger partial charge in [-0.2, -0.15) is 0 Å². The number of fused-ring (bicyclic) bond motifs is 2. The molecule has 3 rings (SSSR count). The number of nitrogens with two attached hydrogens (primary N) is 1. The summed E-state index contributed by atoms with van der Waals surface area (Å²) in [5.74, 6) is 3.67. The molecule has 0 aromatic rings. The zero-order valence-electron chi connectivity index (χ0n) is 14.4. The Kier molecular flexibility index (Phi) is 4.40. The molecule has 2 bridgehead atoms. The molecule has 2 nitrogen and oxygen atoms in total. The Morgan fingerprint density at radius 3 is 2.24 bits per heavy atom. The topological polar surface area (TPSA) is 35.2 Å². The van der Waals surface area contributed by atoms with E-state index in [1.807, 2.05) is 0 Å². The van der Waals surface area contributed by atoms with E-state index < -0.39 is 0 Å². The van der Waals surface area contributed by atoms with Crippen LogP contribution in [0.15, 0.2) is 0 Å². The zero-order valence-corrected chi connectivity index (χ0v) is 14.4. The van der Waals surface area contributed by atoms with E-state index in [0.717, 1.165) is 30.3 Å². The maximum Gasteiger partial charge on any atom is 0.0804 e. The number of rotatable bonds is 4. The van der Waals surface area contributed by atoms with Crippen molar-refractivity contribution in [1.29, 1.82) is 0 Å². The molecule has 3 unspecified atom stereocenters. The Labute approximate surface area is 131 Å². The molecule has 0 amide bonds. The summed E-state index contributed by atoms with van der Waals surface area (Å²) < 4.78 is 6.49. The second-order valence-electron chi connectivity index (χ2n) is 9.27. The highest BCUT2D eigenvalue weighted by Crippen LogP contribution is 2.49. The zero-order chi connectivity index (χ0) is 15.1. The maximum atomic E-state index is 6.49. The van der Waals surface area contributed by atoms with Gasteiger partial charge in [0.15, 0.2) is 0 Å². The Hall–Kier alpha value is -0.0800. The Bertz CT molecular complexity index is 351. The lowest BCUT2D eigenvalue weighted by Crippen LogP contribution is -2.46. The van der Waals surface area contributed by atoms with Crippen molar-refractivity contribution in [2.75, 3.05) is 13.2 Å². The molecule has 21 heavy (non-hydrogen) atoms. The molecular weight excluding hydrogens is 258 g/mol. The van der Waals surface area contributed by atoms with Gasteiger partial charge in [0.05, 0.1) is 12.2 Å². The lowest BCUT2D eigenvalue weighted by Gasteiger charge is -2.44. The summed E-state index contributed by atoms with van der Waals surface area (Å²) in [4.78, 5) is 0. The predicted octanol–water partition coefficient (Wildman–Crippen LogP) is 4.37. The van der Waals surface area contributed by atoms with Crippen molar-refractivity contribution < 1.29 is 4.74 Å². The van der Waals surface area contributed by atoms with Gasteiger partial charge in [-0.15, -0.1) is 0 Å². The summed E-state index contributed by atoms with van der Waals surface area (Å²) >= 11 is 0. The molecule has 0 saturated heterocycles. The van der Waals surface area contributed by atoms with Crippen LogP contribution in [0.5, 0.6) is 0 Å². The standard InChI is InChI=1S/C19H35NO/c1-18(2,3)17-6-8-19(13-20,9-7-17)21-12-16-11-14-4-5-15(16)10-14/h14-17H,4-13,20H2,1-3H3. The smallest absolute Gasteiger partial charge is 0.0804 e. The maximum absolute atomic E-state index is 6.49. The van der Waals surface area contributed by atoms with Gasteiger partial charge in [0.2, 0.25) is 0 Å². The highest BCUT2D eigenvalue weighted by Gasteiger charge is 2.43. The molecule has 0 spiro atoms. The molecule has 3 aliphatic rings. The van der Waals surface area contributed by atoms with Gasteiger partial charge in [0.25, 0.3) is 0 Å². The van der Waals surface area contributed by atoms with Crippen molar-refractivity contribution in [2.24, 2.45) is 34.8 Å². The molecule has 0 radical (unpaired) electrons. The normalized spacial score (nSPS) is 43.4. The van der Waals surface area contributed by atoms with Crippen molar-refractivity contribution in [1.82, 2.24) is 0 Å². The average molecular weight is 293 g/mol. The Morgan fingerprint density at radius 2 is 1.76 bits per heavy atom. The first kappa shape index (κ1) is 15.8. The van der Waals surface area contributed by atoms with Crippen LogP contribution in [0.3, 0.4) is 0 Å². The van der Waals surface area contributed by atoms with E-state index in [9.17, 15) is 0 Å².